The molecule has 1 aliphatic carbocycles. The van der Waals surface area contributed by atoms with Gasteiger partial charge in [0.1, 0.15) is 11.9 Å². The molecule has 5 rings (SSSR count). The molecule has 2 aromatic rings. The Bertz CT molecular complexity index is 1260. The molecule has 0 bridgehead atoms. The maximum Gasteiger partial charge on any atom is 0.321 e. The predicted molar refractivity (Wildman–Crippen MR) is 143 cm³/mol. The number of hydrogen-bond acceptors (Lipinski definition) is 7. The minimum Gasteiger partial charge on any atom is -0.487 e. The molecule has 0 radical (unpaired) electrons. The Balaban J connectivity index is 1.34. The summed E-state index contributed by atoms with van der Waals surface area (Å²) in [4.78, 5) is 42.0. The van der Waals surface area contributed by atoms with Crippen LogP contribution in [0.25, 0.3) is 0 Å². The van der Waals surface area contributed by atoms with Gasteiger partial charge in [-0.2, -0.15) is 0 Å². The van der Waals surface area contributed by atoms with E-state index in [1.807, 2.05) is 6.92 Å². The van der Waals surface area contributed by atoms with E-state index < -0.39 is 12.1 Å². The first-order chi connectivity index (χ1) is 18.7. The number of rotatable bonds is 7. The molecule has 0 aromatic heterocycles. The lowest BCUT2D eigenvalue weighted by Gasteiger charge is -2.38. The summed E-state index contributed by atoms with van der Waals surface area (Å²) in [6, 6.07) is 9.44. The first-order valence-corrected chi connectivity index (χ1v) is 13.2. The topological polar surface area (TPSA) is 130 Å². The smallest absolute Gasteiger partial charge is 0.321 e. The number of nitrogens with zero attached hydrogens (tertiary/aromatic N) is 2. The summed E-state index contributed by atoms with van der Waals surface area (Å²) in [5, 5.41) is 15.6. The SMILES string of the molecule is C[C@@H]1CN([C@H](C)CO)C(=O)c2cc(NC(=O)C3CC3)ccc2O[C@H]1CN(C)C(=O)Nc1ccc2c(c1)OCO2. The third-order valence-corrected chi connectivity index (χ3v) is 7.30. The quantitative estimate of drug-likeness (QED) is 0.494. The van der Waals surface area contributed by atoms with E-state index in [0.29, 0.717) is 40.7 Å². The summed E-state index contributed by atoms with van der Waals surface area (Å²) < 4.78 is 17.1. The van der Waals surface area contributed by atoms with E-state index in [1.165, 1.54) is 4.90 Å². The molecule has 0 unspecified atom stereocenters. The number of urea groups is 1. The Labute approximate surface area is 227 Å². The van der Waals surface area contributed by atoms with Gasteiger partial charge in [0, 0.05) is 42.9 Å². The third kappa shape index (κ3) is 5.88. The van der Waals surface area contributed by atoms with Gasteiger partial charge in [0.25, 0.3) is 5.91 Å². The summed E-state index contributed by atoms with van der Waals surface area (Å²) in [7, 11) is 1.67. The van der Waals surface area contributed by atoms with Gasteiger partial charge in [0.05, 0.1) is 24.8 Å². The number of fused-ring (bicyclic) bond motifs is 2. The first kappa shape index (κ1) is 26.6. The summed E-state index contributed by atoms with van der Waals surface area (Å²) >= 11 is 0. The van der Waals surface area contributed by atoms with Crippen LogP contribution >= 0.6 is 0 Å². The van der Waals surface area contributed by atoms with E-state index in [2.05, 4.69) is 10.6 Å². The lowest BCUT2D eigenvalue weighted by atomic mass is 9.99. The molecule has 11 nitrogen and oxygen atoms in total. The minimum absolute atomic E-state index is 0.0226. The van der Waals surface area contributed by atoms with Crippen molar-refractivity contribution in [3.63, 3.8) is 0 Å². The number of likely N-dealkylation sites (N-methyl/N-ethyl adjacent to an activating group) is 1. The molecule has 39 heavy (non-hydrogen) atoms. The Hall–Kier alpha value is -3.99. The van der Waals surface area contributed by atoms with E-state index in [0.717, 1.165) is 12.8 Å². The summed E-state index contributed by atoms with van der Waals surface area (Å²) in [6.07, 6.45) is 1.29. The molecule has 2 aromatic carbocycles. The molecule has 1 fully saturated rings. The fourth-order valence-corrected chi connectivity index (χ4v) is 4.65. The number of aliphatic hydroxyl groups excluding tert-OH is 1. The van der Waals surface area contributed by atoms with Crippen LogP contribution in [0.2, 0.25) is 0 Å². The molecule has 2 aliphatic heterocycles. The van der Waals surface area contributed by atoms with Crippen molar-refractivity contribution in [2.75, 3.05) is 44.2 Å². The molecule has 0 spiro atoms. The first-order valence-electron chi connectivity index (χ1n) is 13.2. The molecule has 3 atom stereocenters. The molecule has 3 aliphatic rings. The Kier molecular flexibility index (Phi) is 7.51. The van der Waals surface area contributed by atoms with Crippen LogP contribution in [0.1, 0.15) is 37.0 Å². The normalized spacial score (nSPS) is 20.7. The molecule has 4 amide bonds. The number of carbonyl (C=O) groups excluding carboxylic acids is 3. The van der Waals surface area contributed by atoms with Crippen molar-refractivity contribution in [3.8, 4) is 17.2 Å². The van der Waals surface area contributed by atoms with Crippen LogP contribution in [0.15, 0.2) is 36.4 Å². The van der Waals surface area contributed by atoms with Crippen LogP contribution in [-0.4, -0.2) is 78.4 Å². The van der Waals surface area contributed by atoms with Crippen molar-refractivity contribution in [2.45, 2.75) is 38.8 Å². The number of nitrogens with one attached hydrogen (secondary N) is 2. The zero-order chi connectivity index (χ0) is 27.7. The van der Waals surface area contributed by atoms with Crippen molar-refractivity contribution in [2.24, 2.45) is 11.8 Å². The maximum absolute atomic E-state index is 13.6. The van der Waals surface area contributed by atoms with Crippen LogP contribution in [0.3, 0.4) is 0 Å². The molecule has 1 saturated carbocycles. The van der Waals surface area contributed by atoms with Crippen LogP contribution in [0.4, 0.5) is 16.2 Å². The van der Waals surface area contributed by atoms with Crippen LogP contribution in [0, 0.1) is 11.8 Å². The number of anilines is 2. The second-order valence-corrected chi connectivity index (χ2v) is 10.5. The van der Waals surface area contributed by atoms with Crippen LogP contribution in [0.5, 0.6) is 17.2 Å². The van der Waals surface area contributed by atoms with Gasteiger partial charge in [-0.05, 0) is 50.1 Å². The molecule has 2 heterocycles. The van der Waals surface area contributed by atoms with Crippen LogP contribution in [-0.2, 0) is 4.79 Å². The van der Waals surface area contributed by atoms with E-state index >= 15 is 0 Å². The van der Waals surface area contributed by atoms with Gasteiger partial charge in [0.2, 0.25) is 12.7 Å². The van der Waals surface area contributed by atoms with Crippen molar-refractivity contribution >= 4 is 29.2 Å². The monoisotopic (exact) mass is 538 g/mol. The van der Waals surface area contributed by atoms with Crippen molar-refractivity contribution in [1.82, 2.24) is 9.80 Å². The van der Waals surface area contributed by atoms with Crippen molar-refractivity contribution < 1.29 is 33.7 Å². The number of hydrogen-bond donors (Lipinski definition) is 3. The highest BCUT2D eigenvalue weighted by molar-refractivity contribution is 6.00. The second-order valence-electron chi connectivity index (χ2n) is 10.5. The Morgan fingerprint density at radius 3 is 2.49 bits per heavy atom. The summed E-state index contributed by atoms with van der Waals surface area (Å²) in [5.74, 6) is 1.08. The van der Waals surface area contributed by atoms with E-state index in [9.17, 15) is 19.5 Å². The van der Waals surface area contributed by atoms with Gasteiger partial charge in [-0.25, -0.2) is 4.79 Å². The molecule has 0 saturated heterocycles. The molecular formula is C28H34N4O7. The van der Waals surface area contributed by atoms with Gasteiger partial charge in [-0.15, -0.1) is 0 Å². The highest BCUT2D eigenvalue weighted by atomic mass is 16.7. The average molecular weight is 539 g/mol. The van der Waals surface area contributed by atoms with E-state index in [1.54, 1.807) is 55.3 Å². The van der Waals surface area contributed by atoms with Crippen LogP contribution < -0.4 is 24.8 Å². The summed E-state index contributed by atoms with van der Waals surface area (Å²) in [5.41, 5.74) is 1.39. The highest BCUT2D eigenvalue weighted by Gasteiger charge is 2.35. The van der Waals surface area contributed by atoms with Gasteiger partial charge >= 0.3 is 6.03 Å². The fourth-order valence-electron chi connectivity index (χ4n) is 4.65. The average Bonchev–Trinajstić information content (AvgIpc) is 3.68. The van der Waals surface area contributed by atoms with Gasteiger partial charge in [-0.3, -0.25) is 9.59 Å². The van der Waals surface area contributed by atoms with E-state index in [-0.39, 0.29) is 49.6 Å². The Morgan fingerprint density at radius 2 is 1.77 bits per heavy atom. The van der Waals surface area contributed by atoms with Gasteiger partial charge < -0.3 is 39.8 Å². The largest absolute Gasteiger partial charge is 0.487 e. The lowest BCUT2D eigenvalue weighted by Crippen LogP contribution is -2.50. The molecule has 3 N–H and O–H groups in total. The number of ether oxygens (including phenoxy) is 3. The Morgan fingerprint density at radius 1 is 1.08 bits per heavy atom. The zero-order valence-corrected chi connectivity index (χ0v) is 22.3. The number of aliphatic hydroxyl groups is 1. The number of carbonyl (C=O) groups is 3. The van der Waals surface area contributed by atoms with Gasteiger partial charge in [0.15, 0.2) is 11.5 Å². The predicted octanol–water partition coefficient (Wildman–Crippen LogP) is 3.15. The third-order valence-electron chi connectivity index (χ3n) is 7.30. The highest BCUT2D eigenvalue weighted by Crippen LogP contribution is 2.35. The standard InChI is InChI=1S/C28H34N4O7/c1-16-12-32(17(2)14-33)27(35)21-10-19(29-26(34)18-4-5-18)6-8-22(21)39-25(16)13-31(3)28(36)30-20-7-9-23-24(11-20)38-15-37-23/h6-11,16-18,25,33H,4-5,12-15H2,1-3H3,(H,29,34)(H,30,36)/t16-,17-,25+/m1/s1. The van der Waals surface area contributed by atoms with E-state index in [4.69, 9.17) is 14.2 Å². The van der Waals surface area contributed by atoms with Crippen molar-refractivity contribution in [3.05, 3.63) is 42.0 Å². The molecular weight excluding hydrogens is 504 g/mol. The minimum atomic E-state index is -0.454. The lowest BCUT2D eigenvalue weighted by molar-refractivity contribution is -0.117. The van der Waals surface area contributed by atoms with Crippen molar-refractivity contribution in [1.29, 1.82) is 0 Å². The zero-order valence-electron chi connectivity index (χ0n) is 22.3. The number of amides is 4. The molecule has 208 valence electrons. The van der Waals surface area contributed by atoms with Gasteiger partial charge in [-0.1, -0.05) is 6.92 Å². The maximum atomic E-state index is 13.6. The summed E-state index contributed by atoms with van der Waals surface area (Å²) in [6.45, 7) is 4.25. The molecule has 11 heteroatoms. The number of benzene rings is 2. The fraction of sp³-hybridized carbons (Fsp3) is 0.464. The second kappa shape index (κ2) is 11.0.